The maximum atomic E-state index is 13.2. The maximum absolute atomic E-state index is 13.2. The van der Waals surface area contributed by atoms with Gasteiger partial charge in [0.15, 0.2) is 11.6 Å². The molecule has 0 heterocycles. The second-order valence-electron chi connectivity index (χ2n) is 6.63. The molecule has 3 rings (SSSR count). The summed E-state index contributed by atoms with van der Waals surface area (Å²) in [6.45, 7) is 2.19. The fourth-order valence-corrected chi connectivity index (χ4v) is 3.57. The molecule has 1 aliphatic rings. The van der Waals surface area contributed by atoms with Gasteiger partial charge in [0.2, 0.25) is 0 Å². The van der Waals surface area contributed by atoms with E-state index in [2.05, 4.69) is 6.92 Å². The number of carbonyl (C=O) groups is 2. The van der Waals surface area contributed by atoms with E-state index in [1.165, 1.54) is 19.3 Å². The van der Waals surface area contributed by atoms with Crippen molar-refractivity contribution in [3.63, 3.8) is 0 Å². The molecule has 1 aliphatic carbocycles. The van der Waals surface area contributed by atoms with Crippen LogP contribution >= 0.6 is 0 Å². The SMILES string of the molecule is CCCCCC/C=C/C1(c2ccccc2)C(=O)c2ccccc2C1=O. The largest absolute Gasteiger partial charge is 0.292 e. The zero-order valence-corrected chi connectivity index (χ0v) is 14.7. The molecular formula is C23H24O2. The van der Waals surface area contributed by atoms with Crippen LogP contribution in [0, 0.1) is 0 Å². The predicted octanol–water partition coefficient (Wildman–Crippen LogP) is 5.53. The molecule has 0 radical (unpaired) electrons. The number of unbranched alkanes of at least 4 members (excludes halogenated alkanes) is 4. The second-order valence-corrected chi connectivity index (χ2v) is 6.63. The number of carbonyl (C=O) groups excluding carboxylic acids is 2. The third-order valence-corrected chi connectivity index (χ3v) is 4.95. The van der Waals surface area contributed by atoms with Crippen molar-refractivity contribution < 1.29 is 9.59 Å². The van der Waals surface area contributed by atoms with Gasteiger partial charge in [0.25, 0.3) is 0 Å². The Labute approximate surface area is 149 Å². The summed E-state index contributed by atoms with van der Waals surface area (Å²) >= 11 is 0. The van der Waals surface area contributed by atoms with Crippen LogP contribution in [0.2, 0.25) is 0 Å². The van der Waals surface area contributed by atoms with Gasteiger partial charge in [0, 0.05) is 11.1 Å². The smallest absolute Gasteiger partial charge is 0.185 e. The lowest BCUT2D eigenvalue weighted by molar-refractivity contribution is 0.0835. The summed E-state index contributed by atoms with van der Waals surface area (Å²) in [6, 6.07) is 16.6. The summed E-state index contributed by atoms with van der Waals surface area (Å²) in [4.78, 5) is 26.4. The minimum absolute atomic E-state index is 0.107. The number of hydrogen-bond donors (Lipinski definition) is 0. The van der Waals surface area contributed by atoms with E-state index < -0.39 is 5.41 Å². The number of rotatable bonds is 7. The minimum atomic E-state index is -1.20. The lowest BCUT2D eigenvalue weighted by atomic mass is 9.75. The summed E-state index contributed by atoms with van der Waals surface area (Å²) in [5, 5.41) is 0. The average Bonchev–Trinajstić information content (AvgIpc) is 2.88. The standard InChI is InChI=1S/C23H24O2/c1-2-3-4-5-6-12-17-23(18-13-8-7-9-14-18)21(24)19-15-10-11-16-20(19)22(23)25/h7-17H,2-6H2,1H3/b17-12+. The third-order valence-electron chi connectivity index (χ3n) is 4.95. The van der Waals surface area contributed by atoms with Gasteiger partial charge in [-0.05, 0) is 18.4 Å². The number of hydrogen-bond acceptors (Lipinski definition) is 2. The zero-order valence-electron chi connectivity index (χ0n) is 14.7. The number of Topliss-reactive ketones (excluding diaryl/α,β-unsaturated/α-hetero) is 2. The molecule has 0 spiro atoms. The Bertz CT molecular complexity index is 752. The van der Waals surface area contributed by atoms with E-state index in [0.717, 1.165) is 18.4 Å². The van der Waals surface area contributed by atoms with Gasteiger partial charge < -0.3 is 0 Å². The van der Waals surface area contributed by atoms with Crippen LogP contribution in [-0.4, -0.2) is 11.6 Å². The molecule has 0 atom stereocenters. The van der Waals surface area contributed by atoms with Crippen LogP contribution in [-0.2, 0) is 5.41 Å². The molecule has 0 saturated carbocycles. The van der Waals surface area contributed by atoms with E-state index in [0.29, 0.717) is 11.1 Å². The highest BCUT2D eigenvalue weighted by molar-refractivity contribution is 6.34. The van der Waals surface area contributed by atoms with E-state index >= 15 is 0 Å². The van der Waals surface area contributed by atoms with Gasteiger partial charge >= 0.3 is 0 Å². The van der Waals surface area contributed by atoms with Gasteiger partial charge in [-0.1, -0.05) is 92.9 Å². The van der Waals surface area contributed by atoms with Crippen LogP contribution in [0.25, 0.3) is 0 Å². The predicted molar refractivity (Wildman–Crippen MR) is 101 cm³/mol. The van der Waals surface area contributed by atoms with Crippen molar-refractivity contribution >= 4 is 11.6 Å². The molecule has 0 aromatic heterocycles. The first-order valence-corrected chi connectivity index (χ1v) is 9.13. The lowest BCUT2D eigenvalue weighted by Crippen LogP contribution is -2.36. The Morgan fingerprint density at radius 3 is 2.00 bits per heavy atom. The highest BCUT2D eigenvalue weighted by Crippen LogP contribution is 2.41. The van der Waals surface area contributed by atoms with Gasteiger partial charge in [-0.15, -0.1) is 0 Å². The summed E-state index contributed by atoms with van der Waals surface area (Å²) in [6.07, 6.45) is 9.45. The zero-order chi connectivity index (χ0) is 17.7. The molecule has 2 heteroatoms. The van der Waals surface area contributed by atoms with Gasteiger partial charge in [0.05, 0.1) is 0 Å². The summed E-state index contributed by atoms with van der Waals surface area (Å²) < 4.78 is 0. The monoisotopic (exact) mass is 332 g/mol. The first-order chi connectivity index (χ1) is 12.2. The molecule has 0 bridgehead atoms. The molecule has 2 nitrogen and oxygen atoms in total. The van der Waals surface area contributed by atoms with Crippen molar-refractivity contribution in [2.24, 2.45) is 0 Å². The average molecular weight is 332 g/mol. The normalized spacial score (nSPS) is 15.7. The van der Waals surface area contributed by atoms with Gasteiger partial charge in [-0.3, -0.25) is 9.59 Å². The van der Waals surface area contributed by atoms with Gasteiger partial charge in [-0.25, -0.2) is 0 Å². The minimum Gasteiger partial charge on any atom is -0.292 e. The van der Waals surface area contributed by atoms with Crippen molar-refractivity contribution in [2.75, 3.05) is 0 Å². The Kier molecular flexibility index (Phi) is 5.28. The van der Waals surface area contributed by atoms with Crippen molar-refractivity contribution in [1.82, 2.24) is 0 Å². The van der Waals surface area contributed by atoms with E-state index in [1.807, 2.05) is 54.6 Å². The Balaban J connectivity index is 1.97. The number of fused-ring (bicyclic) bond motifs is 1. The van der Waals surface area contributed by atoms with Gasteiger partial charge in [0.1, 0.15) is 5.41 Å². The number of benzene rings is 2. The van der Waals surface area contributed by atoms with E-state index in [9.17, 15) is 9.59 Å². The molecule has 0 unspecified atom stereocenters. The van der Waals surface area contributed by atoms with Crippen LogP contribution in [0.1, 0.15) is 65.3 Å². The Morgan fingerprint density at radius 1 is 0.800 bits per heavy atom. The summed E-state index contributed by atoms with van der Waals surface area (Å²) in [5.74, 6) is -0.215. The molecule has 0 N–H and O–H groups in total. The Morgan fingerprint density at radius 2 is 1.40 bits per heavy atom. The highest BCUT2D eigenvalue weighted by atomic mass is 16.2. The van der Waals surface area contributed by atoms with E-state index in [1.54, 1.807) is 12.1 Å². The first-order valence-electron chi connectivity index (χ1n) is 9.13. The summed E-state index contributed by atoms with van der Waals surface area (Å²) in [7, 11) is 0. The molecule has 2 aromatic carbocycles. The van der Waals surface area contributed by atoms with Gasteiger partial charge in [-0.2, -0.15) is 0 Å². The van der Waals surface area contributed by atoms with E-state index in [4.69, 9.17) is 0 Å². The van der Waals surface area contributed by atoms with Crippen LogP contribution in [0.4, 0.5) is 0 Å². The van der Waals surface area contributed by atoms with Crippen molar-refractivity contribution in [3.8, 4) is 0 Å². The van der Waals surface area contributed by atoms with Crippen LogP contribution in [0.3, 0.4) is 0 Å². The molecule has 0 saturated heterocycles. The fraction of sp³-hybridized carbons (Fsp3) is 0.304. The van der Waals surface area contributed by atoms with Crippen molar-refractivity contribution in [2.45, 2.75) is 44.4 Å². The van der Waals surface area contributed by atoms with Crippen molar-refractivity contribution in [1.29, 1.82) is 0 Å². The lowest BCUT2D eigenvalue weighted by Gasteiger charge is -2.22. The van der Waals surface area contributed by atoms with Crippen LogP contribution < -0.4 is 0 Å². The van der Waals surface area contributed by atoms with Crippen molar-refractivity contribution in [3.05, 3.63) is 83.4 Å². The summed E-state index contributed by atoms with van der Waals surface area (Å²) in [5.41, 5.74) is 0.625. The quantitative estimate of drug-likeness (QED) is 0.379. The number of ketones is 2. The molecule has 2 aromatic rings. The molecule has 128 valence electrons. The van der Waals surface area contributed by atoms with E-state index in [-0.39, 0.29) is 11.6 Å². The molecule has 0 aliphatic heterocycles. The Hall–Kier alpha value is -2.48. The number of allylic oxidation sites excluding steroid dienone is 2. The fourth-order valence-electron chi connectivity index (χ4n) is 3.57. The highest BCUT2D eigenvalue weighted by Gasteiger charge is 2.52. The topological polar surface area (TPSA) is 34.1 Å². The molecule has 0 amide bonds. The second kappa shape index (κ2) is 7.60. The molecule has 0 fully saturated rings. The maximum Gasteiger partial charge on any atom is 0.185 e. The van der Waals surface area contributed by atoms with Crippen LogP contribution in [0.5, 0.6) is 0 Å². The first kappa shape index (κ1) is 17.3. The molecular weight excluding hydrogens is 308 g/mol. The van der Waals surface area contributed by atoms with Crippen LogP contribution in [0.15, 0.2) is 66.7 Å². The molecule has 25 heavy (non-hydrogen) atoms. The third kappa shape index (κ3) is 3.09.